The molecule has 10 heteroatoms. The Bertz CT molecular complexity index is 1130. The first kappa shape index (κ1) is 21.7. The lowest BCUT2D eigenvalue weighted by molar-refractivity contribution is 0.0696. The highest BCUT2D eigenvalue weighted by Crippen LogP contribution is 2.35. The predicted octanol–water partition coefficient (Wildman–Crippen LogP) is 5.11. The molecular formula is C20H13BrClN3O4S. The summed E-state index contributed by atoms with van der Waals surface area (Å²) in [6, 6.07) is 14.3. The van der Waals surface area contributed by atoms with Gasteiger partial charge in [-0.3, -0.25) is 10.1 Å². The molecule has 0 spiro atoms. The second-order valence-corrected chi connectivity index (χ2v) is 7.56. The number of ether oxygens (including phenoxy) is 1. The molecule has 3 rings (SSSR count). The predicted molar refractivity (Wildman–Crippen MR) is 121 cm³/mol. The number of carbonyl (C=O) groups is 2. The number of carboxylic acids is 1. The molecule has 1 heterocycles. The molecule has 3 N–H and O–H groups in total. The smallest absolute Gasteiger partial charge is 0.335 e. The molecule has 0 saturated heterocycles. The topological polar surface area (TPSA) is 101 Å². The van der Waals surface area contributed by atoms with Crippen molar-refractivity contribution in [1.29, 1.82) is 0 Å². The molecule has 0 radical (unpaired) electrons. The van der Waals surface area contributed by atoms with Gasteiger partial charge in [0.2, 0.25) is 0 Å². The number of aromatic nitrogens is 1. The van der Waals surface area contributed by atoms with Gasteiger partial charge in [0.15, 0.2) is 16.7 Å². The van der Waals surface area contributed by atoms with E-state index >= 15 is 0 Å². The van der Waals surface area contributed by atoms with E-state index in [2.05, 4.69) is 31.5 Å². The van der Waals surface area contributed by atoms with Crippen LogP contribution in [-0.4, -0.2) is 27.1 Å². The van der Waals surface area contributed by atoms with Crippen LogP contribution in [0.2, 0.25) is 5.02 Å². The summed E-state index contributed by atoms with van der Waals surface area (Å²) >= 11 is 14.6. The Balaban J connectivity index is 1.80. The van der Waals surface area contributed by atoms with Crippen molar-refractivity contribution in [3.05, 3.63) is 81.4 Å². The van der Waals surface area contributed by atoms with E-state index in [4.69, 9.17) is 28.6 Å². The highest BCUT2D eigenvalue weighted by atomic mass is 79.9. The average molecular weight is 507 g/mol. The third-order valence-corrected chi connectivity index (χ3v) is 4.66. The van der Waals surface area contributed by atoms with Crippen LogP contribution in [0.15, 0.2) is 65.3 Å². The molecule has 1 aromatic heterocycles. The van der Waals surface area contributed by atoms with E-state index in [0.29, 0.717) is 10.0 Å². The van der Waals surface area contributed by atoms with Gasteiger partial charge in [-0.05, 0) is 58.5 Å². The minimum atomic E-state index is -1.12. The number of halogens is 2. The van der Waals surface area contributed by atoms with Gasteiger partial charge in [0, 0.05) is 22.3 Å². The molecule has 0 saturated carbocycles. The van der Waals surface area contributed by atoms with Crippen LogP contribution in [0.25, 0.3) is 0 Å². The summed E-state index contributed by atoms with van der Waals surface area (Å²) in [5, 5.41) is 14.8. The van der Waals surface area contributed by atoms with Crippen molar-refractivity contribution in [2.24, 2.45) is 0 Å². The van der Waals surface area contributed by atoms with Crippen LogP contribution in [0.1, 0.15) is 20.7 Å². The van der Waals surface area contributed by atoms with Crippen LogP contribution in [0, 0.1) is 0 Å². The number of nitrogens with one attached hydrogen (secondary N) is 2. The lowest BCUT2D eigenvalue weighted by Crippen LogP contribution is -2.34. The lowest BCUT2D eigenvalue weighted by atomic mass is 10.2. The maximum absolute atomic E-state index is 12.3. The van der Waals surface area contributed by atoms with Crippen LogP contribution < -0.4 is 15.4 Å². The van der Waals surface area contributed by atoms with Crippen molar-refractivity contribution in [1.82, 2.24) is 10.3 Å². The Morgan fingerprint density at radius 3 is 2.50 bits per heavy atom. The zero-order chi connectivity index (χ0) is 21.7. The van der Waals surface area contributed by atoms with Crippen molar-refractivity contribution in [3.8, 4) is 11.5 Å². The number of pyridine rings is 1. The monoisotopic (exact) mass is 505 g/mol. The number of rotatable bonds is 5. The molecule has 0 aliphatic heterocycles. The molecule has 0 aliphatic carbocycles. The van der Waals surface area contributed by atoms with E-state index in [9.17, 15) is 14.7 Å². The van der Waals surface area contributed by atoms with Crippen molar-refractivity contribution in [3.63, 3.8) is 0 Å². The Hall–Kier alpha value is -3.01. The van der Waals surface area contributed by atoms with Gasteiger partial charge < -0.3 is 15.2 Å². The molecule has 0 unspecified atom stereocenters. The van der Waals surface area contributed by atoms with E-state index in [1.165, 1.54) is 24.4 Å². The van der Waals surface area contributed by atoms with Crippen LogP contribution in [0.5, 0.6) is 11.5 Å². The first-order valence-electron chi connectivity index (χ1n) is 8.37. The maximum Gasteiger partial charge on any atom is 0.335 e. The fourth-order valence-electron chi connectivity index (χ4n) is 2.33. The van der Waals surface area contributed by atoms with E-state index in [1.807, 2.05) is 0 Å². The summed E-state index contributed by atoms with van der Waals surface area (Å²) in [7, 11) is 0. The van der Waals surface area contributed by atoms with Crippen molar-refractivity contribution in [2.75, 3.05) is 5.32 Å². The number of benzene rings is 2. The second kappa shape index (κ2) is 9.66. The van der Waals surface area contributed by atoms with Crippen molar-refractivity contribution in [2.45, 2.75) is 0 Å². The number of amides is 1. The number of aromatic carboxylic acids is 1. The molecule has 2 aromatic carbocycles. The second-order valence-electron chi connectivity index (χ2n) is 5.83. The van der Waals surface area contributed by atoms with Gasteiger partial charge >= 0.3 is 5.97 Å². The van der Waals surface area contributed by atoms with E-state index < -0.39 is 5.97 Å². The first-order chi connectivity index (χ1) is 14.3. The Morgan fingerprint density at radius 2 is 1.80 bits per heavy atom. The number of carboxylic acid groups (broad SMARTS) is 1. The SMILES string of the molecule is O=C(O)c1ccc(Cl)c(Oc2cc(Br)cnc2NC(=S)NC(=O)c2ccccc2)c1. The summed E-state index contributed by atoms with van der Waals surface area (Å²) in [5.41, 5.74) is 0.455. The summed E-state index contributed by atoms with van der Waals surface area (Å²) < 4.78 is 6.38. The van der Waals surface area contributed by atoms with Gasteiger partial charge in [0.25, 0.3) is 5.91 Å². The standard InChI is InChI=1S/C20H13BrClN3O4S/c21-13-9-16(29-15-8-12(19(27)28)6-7-14(15)22)17(23-10-13)24-20(30)25-18(26)11-4-2-1-3-5-11/h1-10H,(H,27,28)(H2,23,24,25,26,30). The molecule has 0 atom stereocenters. The zero-order valence-electron chi connectivity index (χ0n) is 15.1. The fourth-order valence-corrected chi connectivity index (χ4v) is 2.98. The number of nitrogens with zero attached hydrogens (tertiary/aromatic N) is 1. The Kier molecular flexibility index (Phi) is 6.99. The third-order valence-electron chi connectivity index (χ3n) is 3.71. The van der Waals surface area contributed by atoms with Gasteiger partial charge in [0.05, 0.1) is 10.6 Å². The first-order valence-corrected chi connectivity index (χ1v) is 9.95. The van der Waals surface area contributed by atoms with Gasteiger partial charge in [-0.25, -0.2) is 9.78 Å². The summed E-state index contributed by atoms with van der Waals surface area (Å²) in [6.07, 6.45) is 1.51. The summed E-state index contributed by atoms with van der Waals surface area (Å²) in [6.45, 7) is 0. The van der Waals surface area contributed by atoms with Crippen LogP contribution in [-0.2, 0) is 0 Å². The normalized spacial score (nSPS) is 10.2. The molecule has 0 fully saturated rings. The van der Waals surface area contributed by atoms with E-state index in [1.54, 1.807) is 36.4 Å². The molecular weight excluding hydrogens is 494 g/mol. The minimum absolute atomic E-state index is 0.00825. The number of thiocarbonyl (C=S) groups is 1. The molecule has 1 amide bonds. The van der Waals surface area contributed by atoms with Gasteiger partial charge in [0.1, 0.15) is 5.75 Å². The number of hydrogen-bond acceptors (Lipinski definition) is 5. The van der Waals surface area contributed by atoms with Crippen LogP contribution in [0.4, 0.5) is 5.82 Å². The van der Waals surface area contributed by atoms with Crippen LogP contribution >= 0.6 is 39.7 Å². The summed E-state index contributed by atoms with van der Waals surface area (Å²) in [4.78, 5) is 27.7. The minimum Gasteiger partial charge on any atom is -0.478 e. The molecule has 0 bridgehead atoms. The van der Waals surface area contributed by atoms with E-state index in [-0.39, 0.29) is 38.9 Å². The molecule has 0 aliphatic rings. The quantitative estimate of drug-likeness (QED) is 0.413. The summed E-state index contributed by atoms with van der Waals surface area (Å²) in [5.74, 6) is -0.964. The largest absolute Gasteiger partial charge is 0.478 e. The highest BCUT2D eigenvalue weighted by molar-refractivity contribution is 9.10. The number of hydrogen-bond donors (Lipinski definition) is 3. The van der Waals surface area contributed by atoms with E-state index in [0.717, 1.165) is 0 Å². The molecule has 3 aromatic rings. The fraction of sp³-hybridized carbons (Fsp3) is 0. The highest BCUT2D eigenvalue weighted by Gasteiger charge is 2.15. The zero-order valence-corrected chi connectivity index (χ0v) is 18.2. The number of carbonyl (C=O) groups excluding carboxylic acids is 1. The Morgan fingerprint density at radius 1 is 1.07 bits per heavy atom. The third kappa shape index (κ3) is 5.53. The molecule has 30 heavy (non-hydrogen) atoms. The maximum atomic E-state index is 12.3. The van der Waals surface area contributed by atoms with Gasteiger partial charge in [-0.2, -0.15) is 0 Å². The number of anilines is 1. The van der Waals surface area contributed by atoms with Crippen molar-refractivity contribution < 1.29 is 19.4 Å². The van der Waals surface area contributed by atoms with Gasteiger partial charge in [-0.15, -0.1) is 0 Å². The Labute approximate surface area is 190 Å². The molecule has 152 valence electrons. The van der Waals surface area contributed by atoms with Crippen molar-refractivity contribution >= 4 is 62.6 Å². The average Bonchev–Trinajstić information content (AvgIpc) is 2.72. The molecule has 7 nitrogen and oxygen atoms in total. The lowest BCUT2D eigenvalue weighted by Gasteiger charge is -2.14. The van der Waals surface area contributed by atoms with Crippen LogP contribution in [0.3, 0.4) is 0 Å². The van der Waals surface area contributed by atoms with Gasteiger partial charge in [-0.1, -0.05) is 29.8 Å².